The van der Waals surface area contributed by atoms with Gasteiger partial charge in [-0.3, -0.25) is 14.8 Å². The lowest BCUT2D eigenvalue weighted by Gasteiger charge is -2.11. The molecule has 82 valence electrons. The fourth-order valence-corrected chi connectivity index (χ4v) is 1.97. The number of hydrogen-bond donors (Lipinski definition) is 0. The molecule has 0 aliphatic rings. The van der Waals surface area contributed by atoms with Gasteiger partial charge >= 0.3 is 0 Å². The zero-order valence-electron chi connectivity index (χ0n) is 8.94. The first-order chi connectivity index (χ1) is 7.59. The molecular weight excluding hydrogens is 270 g/mol. The van der Waals surface area contributed by atoms with Gasteiger partial charge in [-0.15, -0.1) is 0 Å². The summed E-state index contributed by atoms with van der Waals surface area (Å²) >= 11 is 3.39. The Morgan fingerprint density at radius 1 is 1.25 bits per heavy atom. The van der Waals surface area contributed by atoms with E-state index in [9.17, 15) is 4.79 Å². The molecule has 4 nitrogen and oxygen atoms in total. The molecule has 0 fully saturated rings. The molecule has 0 aliphatic heterocycles. The van der Waals surface area contributed by atoms with E-state index < -0.39 is 0 Å². The summed E-state index contributed by atoms with van der Waals surface area (Å²) in [5.74, 6) is -0.0479. The van der Waals surface area contributed by atoms with Gasteiger partial charge in [0, 0.05) is 36.5 Å². The maximum atomic E-state index is 11.8. The summed E-state index contributed by atoms with van der Waals surface area (Å²) in [6.45, 7) is 0. The van der Waals surface area contributed by atoms with Crippen LogP contribution >= 0.6 is 15.9 Å². The van der Waals surface area contributed by atoms with Crippen LogP contribution in [0.4, 0.5) is 0 Å². The number of carbonyl (C=O) groups excluding carboxylic acids is 1. The van der Waals surface area contributed by atoms with Crippen LogP contribution < -0.4 is 0 Å². The Kier molecular flexibility index (Phi) is 2.87. The summed E-state index contributed by atoms with van der Waals surface area (Å²) < 4.78 is 0.781. The highest BCUT2D eigenvalue weighted by molar-refractivity contribution is 9.10. The predicted molar refractivity (Wildman–Crippen MR) is 65.3 cm³/mol. The monoisotopic (exact) mass is 279 g/mol. The van der Waals surface area contributed by atoms with E-state index in [-0.39, 0.29) is 5.91 Å². The van der Waals surface area contributed by atoms with E-state index in [2.05, 4.69) is 25.9 Å². The Balaban J connectivity index is 2.62. The van der Waals surface area contributed by atoms with Gasteiger partial charge in [-0.1, -0.05) is 0 Å². The van der Waals surface area contributed by atoms with E-state index >= 15 is 0 Å². The van der Waals surface area contributed by atoms with Crippen LogP contribution in [0, 0.1) is 0 Å². The highest BCUT2D eigenvalue weighted by Gasteiger charge is 2.11. The van der Waals surface area contributed by atoms with Crippen LogP contribution in [0.1, 0.15) is 10.4 Å². The van der Waals surface area contributed by atoms with E-state index in [1.54, 1.807) is 38.6 Å². The third kappa shape index (κ3) is 1.90. The Labute approximate surface area is 101 Å². The molecule has 0 atom stereocenters. The predicted octanol–water partition coefficient (Wildman–Crippen LogP) is 2.09. The summed E-state index contributed by atoms with van der Waals surface area (Å²) in [5, 5.41) is 0. The van der Waals surface area contributed by atoms with E-state index in [0.717, 1.165) is 9.99 Å². The number of amides is 1. The van der Waals surface area contributed by atoms with Gasteiger partial charge in [0.2, 0.25) is 0 Å². The fraction of sp³-hybridized carbons (Fsp3) is 0.182. The second-order valence-corrected chi connectivity index (χ2v) is 4.44. The van der Waals surface area contributed by atoms with Crippen LogP contribution in [0.5, 0.6) is 0 Å². The zero-order chi connectivity index (χ0) is 11.7. The van der Waals surface area contributed by atoms with Gasteiger partial charge in [-0.05, 0) is 28.1 Å². The van der Waals surface area contributed by atoms with Crippen molar-refractivity contribution in [1.29, 1.82) is 0 Å². The normalized spacial score (nSPS) is 10.4. The number of benzene rings is 1. The highest BCUT2D eigenvalue weighted by atomic mass is 79.9. The average Bonchev–Trinajstić information content (AvgIpc) is 2.28. The first-order valence-corrected chi connectivity index (χ1v) is 5.51. The van der Waals surface area contributed by atoms with Gasteiger partial charge in [-0.25, -0.2) is 0 Å². The summed E-state index contributed by atoms with van der Waals surface area (Å²) in [6.07, 6.45) is 3.24. The third-order valence-electron chi connectivity index (χ3n) is 2.18. The van der Waals surface area contributed by atoms with Crippen LogP contribution in [0.15, 0.2) is 29.0 Å². The standard InChI is InChI=1S/C11H10BrN3O/c1-15(2)11(16)7-5-8(12)10-9(6-7)13-3-4-14-10/h3-6H,1-2H3. The van der Waals surface area contributed by atoms with Crippen molar-refractivity contribution in [2.45, 2.75) is 0 Å². The molecule has 0 saturated carbocycles. The van der Waals surface area contributed by atoms with Crippen LogP contribution in [-0.4, -0.2) is 34.9 Å². The van der Waals surface area contributed by atoms with E-state index in [1.165, 1.54) is 4.90 Å². The van der Waals surface area contributed by atoms with Crippen molar-refractivity contribution in [1.82, 2.24) is 14.9 Å². The SMILES string of the molecule is CN(C)C(=O)c1cc(Br)c2nccnc2c1. The van der Waals surface area contributed by atoms with Crippen LogP contribution in [0.25, 0.3) is 11.0 Å². The molecule has 1 aromatic heterocycles. The number of carbonyl (C=O) groups is 1. The Hall–Kier alpha value is -1.49. The Morgan fingerprint density at radius 2 is 1.94 bits per heavy atom. The van der Waals surface area contributed by atoms with Crippen molar-refractivity contribution < 1.29 is 4.79 Å². The molecule has 5 heteroatoms. The maximum Gasteiger partial charge on any atom is 0.253 e. The Bertz CT molecular complexity index is 554. The number of nitrogens with zero attached hydrogens (tertiary/aromatic N) is 3. The largest absolute Gasteiger partial charge is 0.345 e. The Morgan fingerprint density at radius 3 is 2.62 bits per heavy atom. The molecule has 0 radical (unpaired) electrons. The summed E-state index contributed by atoms with van der Waals surface area (Å²) in [4.78, 5) is 21.7. The molecule has 0 spiro atoms. The molecule has 0 aliphatic carbocycles. The minimum Gasteiger partial charge on any atom is -0.345 e. The molecule has 0 unspecified atom stereocenters. The van der Waals surface area contributed by atoms with Gasteiger partial charge in [0.05, 0.1) is 5.52 Å². The molecule has 16 heavy (non-hydrogen) atoms. The number of hydrogen-bond acceptors (Lipinski definition) is 3. The van der Waals surface area contributed by atoms with Crippen molar-refractivity contribution in [2.24, 2.45) is 0 Å². The quantitative estimate of drug-likeness (QED) is 0.803. The molecule has 2 rings (SSSR count). The molecule has 1 amide bonds. The lowest BCUT2D eigenvalue weighted by Crippen LogP contribution is -2.21. The summed E-state index contributed by atoms with van der Waals surface area (Å²) in [7, 11) is 3.44. The van der Waals surface area contributed by atoms with Crippen molar-refractivity contribution in [3.8, 4) is 0 Å². The molecule has 2 aromatic rings. The number of aromatic nitrogens is 2. The first kappa shape index (κ1) is 11.0. The highest BCUT2D eigenvalue weighted by Crippen LogP contribution is 2.22. The molecule has 0 N–H and O–H groups in total. The second kappa shape index (κ2) is 4.17. The van der Waals surface area contributed by atoms with Gasteiger partial charge in [0.15, 0.2) is 0 Å². The molecule has 0 saturated heterocycles. The van der Waals surface area contributed by atoms with E-state index in [0.29, 0.717) is 11.1 Å². The van der Waals surface area contributed by atoms with Gasteiger partial charge in [-0.2, -0.15) is 0 Å². The number of halogens is 1. The zero-order valence-corrected chi connectivity index (χ0v) is 10.5. The van der Waals surface area contributed by atoms with E-state index in [1.807, 2.05) is 0 Å². The van der Waals surface area contributed by atoms with Gasteiger partial charge < -0.3 is 4.90 Å². The molecular formula is C11H10BrN3O. The first-order valence-electron chi connectivity index (χ1n) is 4.71. The van der Waals surface area contributed by atoms with Crippen LogP contribution in [0.2, 0.25) is 0 Å². The molecule has 1 heterocycles. The van der Waals surface area contributed by atoms with Crippen molar-refractivity contribution in [3.63, 3.8) is 0 Å². The molecule has 1 aromatic carbocycles. The lowest BCUT2D eigenvalue weighted by molar-refractivity contribution is 0.0827. The van der Waals surface area contributed by atoms with E-state index in [4.69, 9.17) is 0 Å². The number of fused-ring (bicyclic) bond motifs is 1. The minimum absolute atomic E-state index is 0.0479. The van der Waals surface area contributed by atoms with Crippen molar-refractivity contribution >= 4 is 32.9 Å². The second-order valence-electron chi connectivity index (χ2n) is 3.58. The lowest BCUT2D eigenvalue weighted by atomic mass is 10.2. The topological polar surface area (TPSA) is 46.1 Å². The maximum absolute atomic E-state index is 11.8. The average molecular weight is 280 g/mol. The fourth-order valence-electron chi connectivity index (χ4n) is 1.41. The van der Waals surface area contributed by atoms with Gasteiger partial charge in [0.1, 0.15) is 5.52 Å². The summed E-state index contributed by atoms with van der Waals surface area (Å²) in [5.41, 5.74) is 2.07. The minimum atomic E-state index is -0.0479. The van der Waals surface area contributed by atoms with Crippen molar-refractivity contribution in [3.05, 3.63) is 34.6 Å². The number of rotatable bonds is 1. The third-order valence-corrected chi connectivity index (χ3v) is 2.78. The van der Waals surface area contributed by atoms with Crippen LogP contribution in [-0.2, 0) is 0 Å². The summed E-state index contributed by atoms with van der Waals surface area (Å²) in [6, 6.07) is 3.51. The van der Waals surface area contributed by atoms with Gasteiger partial charge in [0.25, 0.3) is 5.91 Å². The van der Waals surface area contributed by atoms with Crippen LogP contribution in [0.3, 0.4) is 0 Å². The smallest absolute Gasteiger partial charge is 0.253 e. The van der Waals surface area contributed by atoms with Crippen molar-refractivity contribution in [2.75, 3.05) is 14.1 Å². The molecule has 0 bridgehead atoms.